The van der Waals surface area contributed by atoms with Gasteiger partial charge < -0.3 is 30.2 Å². The van der Waals surface area contributed by atoms with Gasteiger partial charge in [-0.3, -0.25) is 0 Å². The molecule has 1 aliphatic carbocycles. The van der Waals surface area contributed by atoms with Crippen LogP contribution < -0.4 is 25.4 Å². The molecule has 8 heteroatoms. The van der Waals surface area contributed by atoms with Crippen LogP contribution in [0.15, 0.2) is 29.5 Å². The molecule has 0 saturated heterocycles. The van der Waals surface area contributed by atoms with Crippen LogP contribution in [0.1, 0.15) is 43.7 Å². The summed E-state index contributed by atoms with van der Waals surface area (Å²) in [5.41, 5.74) is 1.61. The molecule has 2 amide bonds. The largest absolute Gasteiger partial charge is 0.493 e. The summed E-state index contributed by atoms with van der Waals surface area (Å²) in [4.78, 5) is 25.0. The summed E-state index contributed by atoms with van der Waals surface area (Å²) < 4.78 is 15.7. The fourth-order valence-corrected chi connectivity index (χ4v) is 3.94. The first kappa shape index (κ1) is 21.0. The molecular formula is C21H29N3O5. The van der Waals surface area contributed by atoms with E-state index >= 15 is 0 Å². The molecule has 0 spiro atoms. The third-order valence-corrected chi connectivity index (χ3v) is 5.47. The monoisotopic (exact) mass is 403 g/mol. The van der Waals surface area contributed by atoms with Crippen LogP contribution in [0.3, 0.4) is 0 Å². The lowest BCUT2D eigenvalue weighted by Gasteiger charge is -2.31. The lowest BCUT2D eigenvalue weighted by molar-refractivity contribution is -0.136. The fourth-order valence-electron chi connectivity index (χ4n) is 3.94. The highest BCUT2D eigenvalue weighted by atomic mass is 16.5. The van der Waals surface area contributed by atoms with Crippen LogP contribution in [0, 0.1) is 0 Å². The Balaban J connectivity index is 1.93. The zero-order valence-electron chi connectivity index (χ0n) is 17.2. The number of rotatable bonds is 7. The number of amides is 2. The number of hydrogen-bond donors (Lipinski definition) is 3. The third-order valence-electron chi connectivity index (χ3n) is 5.47. The predicted molar refractivity (Wildman–Crippen MR) is 108 cm³/mol. The molecule has 1 aromatic carbocycles. The van der Waals surface area contributed by atoms with Gasteiger partial charge in [0.05, 0.1) is 32.9 Å². The maximum Gasteiger partial charge on any atom is 0.338 e. The van der Waals surface area contributed by atoms with Crippen molar-refractivity contribution in [2.75, 3.05) is 27.9 Å². The minimum atomic E-state index is -0.654. The van der Waals surface area contributed by atoms with Crippen molar-refractivity contribution in [1.29, 1.82) is 0 Å². The predicted octanol–water partition coefficient (Wildman–Crippen LogP) is 2.41. The Labute approximate surface area is 171 Å². The lowest BCUT2D eigenvalue weighted by Crippen LogP contribution is -2.48. The van der Waals surface area contributed by atoms with E-state index in [9.17, 15) is 9.59 Å². The van der Waals surface area contributed by atoms with E-state index < -0.39 is 12.0 Å². The molecule has 1 fully saturated rings. The number of esters is 1. The summed E-state index contributed by atoms with van der Waals surface area (Å²) >= 11 is 0. The van der Waals surface area contributed by atoms with Gasteiger partial charge in [-0.25, -0.2) is 9.59 Å². The van der Waals surface area contributed by atoms with Crippen molar-refractivity contribution in [3.05, 3.63) is 35.0 Å². The van der Waals surface area contributed by atoms with Gasteiger partial charge in [-0.2, -0.15) is 0 Å². The first-order chi connectivity index (χ1) is 14.1. The van der Waals surface area contributed by atoms with Crippen LogP contribution in [0.2, 0.25) is 0 Å². The van der Waals surface area contributed by atoms with Gasteiger partial charge in [0.1, 0.15) is 0 Å². The molecule has 8 nitrogen and oxygen atoms in total. The van der Waals surface area contributed by atoms with Crippen molar-refractivity contribution in [2.45, 2.75) is 44.2 Å². The molecule has 158 valence electrons. The lowest BCUT2D eigenvalue weighted by atomic mass is 9.93. The molecule has 1 aromatic rings. The molecule has 3 N–H and O–H groups in total. The van der Waals surface area contributed by atoms with Crippen LogP contribution in [0.5, 0.6) is 11.5 Å². The average molecular weight is 403 g/mol. The zero-order chi connectivity index (χ0) is 20.8. The number of ether oxygens (including phenoxy) is 3. The molecule has 1 saturated carbocycles. The Bertz CT molecular complexity index is 787. The molecule has 1 atom stereocenters. The summed E-state index contributed by atoms with van der Waals surface area (Å²) in [5, 5.41) is 9.09. The second-order valence-corrected chi connectivity index (χ2v) is 7.25. The molecule has 3 rings (SSSR count). The summed E-state index contributed by atoms with van der Waals surface area (Å²) in [6.07, 6.45) is 5.86. The first-order valence-electron chi connectivity index (χ1n) is 9.91. The summed E-state index contributed by atoms with van der Waals surface area (Å²) in [6.45, 7) is 0.395. The summed E-state index contributed by atoms with van der Waals surface area (Å²) in [7, 11) is 4.43. The van der Waals surface area contributed by atoms with E-state index in [2.05, 4.69) is 16.0 Å². The highest BCUT2D eigenvalue weighted by Crippen LogP contribution is 2.34. The Kier molecular flexibility index (Phi) is 6.98. The van der Waals surface area contributed by atoms with E-state index in [1.54, 1.807) is 32.4 Å². The van der Waals surface area contributed by atoms with Gasteiger partial charge >= 0.3 is 12.0 Å². The normalized spacial score (nSPS) is 20.0. The average Bonchev–Trinajstić information content (AvgIpc) is 2.76. The number of hydrogen-bond acceptors (Lipinski definition) is 6. The van der Waals surface area contributed by atoms with Gasteiger partial charge in [0, 0.05) is 18.3 Å². The Morgan fingerprint density at radius 1 is 1.10 bits per heavy atom. The molecule has 29 heavy (non-hydrogen) atoms. The third kappa shape index (κ3) is 4.82. The van der Waals surface area contributed by atoms with E-state index in [4.69, 9.17) is 14.2 Å². The van der Waals surface area contributed by atoms with E-state index in [0.29, 0.717) is 40.9 Å². The van der Waals surface area contributed by atoms with Crippen molar-refractivity contribution in [1.82, 2.24) is 16.0 Å². The Hall–Kier alpha value is -2.74. The second-order valence-electron chi connectivity index (χ2n) is 7.25. The van der Waals surface area contributed by atoms with E-state index in [1.165, 1.54) is 26.4 Å². The number of benzene rings is 1. The number of urea groups is 1. The Morgan fingerprint density at radius 3 is 2.48 bits per heavy atom. The van der Waals surface area contributed by atoms with Gasteiger partial charge in [0.15, 0.2) is 11.5 Å². The maximum absolute atomic E-state index is 12.6. The quantitative estimate of drug-likeness (QED) is 0.605. The summed E-state index contributed by atoms with van der Waals surface area (Å²) in [5.74, 6) is 0.598. The van der Waals surface area contributed by atoms with Crippen molar-refractivity contribution in [3.63, 3.8) is 0 Å². The van der Waals surface area contributed by atoms with Crippen LogP contribution in [-0.4, -0.2) is 45.9 Å². The van der Waals surface area contributed by atoms with Crippen molar-refractivity contribution in [2.24, 2.45) is 0 Å². The minimum Gasteiger partial charge on any atom is -0.493 e. The topological polar surface area (TPSA) is 97.9 Å². The van der Waals surface area contributed by atoms with Crippen molar-refractivity contribution < 1.29 is 23.8 Å². The summed E-state index contributed by atoms with van der Waals surface area (Å²) in [6, 6.07) is 4.67. The number of carbonyl (C=O) groups excluding carboxylic acids is 2. The zero-order valence-corrected chi connectivity index (χ0v) is 17.2. The standard InChI is InChI=1S/C21H29N3O5/c1-27-16-10-9-13(11-17(16)28-2)19-18(20(25)29-3)15(23-21(26)24-19)12-22-14-7-5-4-6-8-14/h9-11,14,19,22H,4-8,12H2,1-3H3,(H2,23,24,26). The molecule has 1 unspecified atom stereocenters. The molecule has 0 bridgehead atoms. The van der Waals surface area contributed by atoms with Crippen LogP contribution >= 0.6 is 0 Å². The van der Waals surface area contributed by atoms with Crippen molar-refractivity contribution >= 4 is 12.0 Å². The van der Waals surface area contributed by atoms with Crippen LogP contribution in [0.25, 0.3) is 0 Å². The van der Waals surface area contributed by atoms with Gasteiger partial charge in [-0.1, -0.05) is 25.3 Å². The van der Waals surface area contributed by atoms with Crippen LogP contribution in [0.4, 0.5) is 4.79 Å². The minimum absolute atomic E-state index is 0.363. The molecule has 2 aliphatic rings. The molecule has 1 aliphatic heterocycles. The first-order valence-corrected chi connectivity index (χ1v) is 9.91. The Morgan fingerprint density at radius 2 is 1.83 bits per heavy atom. The van der Waals surface area contributed by atoms with Gasteiger partial charge in [-0.05, 0) is 30.5 Å². The number of carbonyl (C=O) groups is 2. The smallest absolute Gasteiger partial charge is 0.338 e. The van der Waals surface area contributed by atoms with E-state index in [0.717, 1.165) is 12.8 Å². The second kappa shape index (κ2) is 9.65. The SMILES string of the molecule is COC(=O)C1=C(CNC2CCCCC2)NC(=O)NC1c1ccc(OC)c(OC)c1. The number of nitrogens with one attached hydrogen (secondary N) is 3. The molecular weight excluding hydrogens is 374 g/mol. The van der Waals surface area contributed by atoms with Gasteiger partial charge in [0.25, 0.3) is 0 Å². The van der Waals surface area contributed by atoms with Gasteiger partial charge in [-0.15, -0.1) is 0 Å². The van der Waals surface area contributed by atoms with E-state index in [-0.39, 0.29) is 6.03 Å². The molecule has 0 radical (unpaired) electrons. The maximum atomic E-state index is 12.6. The van der Waals surface area contributed by atoms with Gasteiger partial charge in [0.2, 0.25) is 0 Å². The fraction of sp³-hybridized carbons (Fsp3) is 0.524. The van der Waals surface area contributed by atoms with E-state index in [1.807, 2.05) is 0 Å². The van der Waals surface area contributed by atoms with Crippen molar-refractivity contribution in [3.8, 4) is 11.5 Å². The highest BCUT2D eigenvalue weighted by Gasteiger charge is 2.34. The molecule has 0 aromatic heterocycles. The van der Waals surface area contributed by atoms with Crippen LogP contribution in [-0.2, 0) is 9.53 Å². The number of methoxy groups -OCH3 is 3. The molecule has 1 heterocycles. The highest BCUT2D eigenvalue weighted by molar-refractivity contribution is 5.95.